The third kappa shape index (κ3) is 3.11. The molecular formula is C16H18N2O4. The highest BCUT2D eigenvalue weighted by Gasteiger charge is 2.33. The van der Waals surface area contributed by atoms with Crippen molar-refractivity contribution in [3.63, 3.8) is 0 Å². The van der Waals surface area contributed by atoms with Gasteiger partial charge in [0.2, 0.25) is 0 Å². The van der Waals surface area contributed by atoms with Gasteiger partial charge in [0, 0.05) is 11.3 Å². The number of urea groups is 1. The van der Waals surface area contributed by atoms with Crippen molar-refractivity contribution in [2.24, 2.45) is 0 Å². The quantitative estimate of drug-likeness (QED) is 0.644. The van der Waals surface area contributed by atoms with Gasteiger partial charge in [0.25, 0.3) is 0 Å². The molecule has 6 nitrogen and oxygen atoms in total. The highest BCUT2D eigenvalue weighted by atomic mass is 16.5. The monoisotopic (exact) mass is 302 g/mol. The molecule has 2 amide bonds. The first-order valence-corrected chi connectivity index (χ1v) is 6.77. The summed E-state index contributed by atoms with van der Waals surface area (Å²) in [6.07, 6.45) is 1.63. The van der Waals surface area contributed by atoms with Gasteiger partial charge in [0.05, 0.1) is 18.7 Å². The van der Waals surface area contributed by atoms with Gasteiger partial charge in [-0.2, -0.15) is 0 Å². The minimum atomic E-state index is -0.637. The lowest BCUT2D eigenvalue weighted by atomic mass is 9.95. The molecule has 0 fully saturated rings. The highest BCUT2D eigenvalue weighted by molar-refractivity contribution is 5.95. The second-order valence-electron chi connectivity index (χ2n) is 4.70. The van der Waals surface area contributed by atoms with Crippen LogP contribution in [0.5, 0.6) is 5.75 Å². The fourth-order valence-corrected chi connectivity index (χ4v) is 2.31. The first-order chi connectivity index (χ1) is 10.6. The lowest BCUT2D eigenvalue weighted by molar-refractivity contribution is -0.136. The van der Waals surface area contributed by atoms with E-state index in [2.05, 4.69) is 17.2 Å². The van der Waals surface area contributed by atoms with Crippen molar-refractivity contribution >= 4 is 12.0 Å². The number of para-hydroxylation sites is 1. The van der Waals surface area contributed by atoms with Gasteiger partial charge < -0.3 is 20.1 Å². The summed E-state index contributed by atoms with van der Waals surface area (Å²) < 4.78 is 10.4. The molecule has 0 saturated carbocycles. The van der Waals surface area contributed by atoms with Gasteiger partial charge in [-0.3, -0.25) is 0 Å². The molecule has 6 heteroatoms. The van der Waals surface area contributed by atoms with Crippen LogP contribution in [0, 0.1) is 0 Å². The molecule has 1 aromatic carbocycles. The van der Waals surface area contributed by atoms with E-state index in [1.807, 2.05) is 12.1 Å². The molecule has 0 unspecified atom stereocenters. The van der Waals surface area contributed by atoms with E-state index in [0.29, 0.717) is 29.2 Å². The zero-order valence-electron chi connectivity index (χ0n) is 12.5. The molecule has 0 aromatic heterocycles. The molecule has 2 rings (SSSR count). The zero-order chi connectivity index (χ0) is 16.1. The van der Waals surface area contributed by atoms with Crippen molar-refractivity contribution in [3.8, 4) is 5.75 Å². The number of benzene rings is 1. The van der Waals surface area contributed by atoms with Crippen LogP contribution >= 0.6 is 0 Å². The van der Waals surface area contributed by atoms with E-state index >= 15 is 0 Å². The Morgan fingerprint density at radius 3 is 2.82 bits per heavy atom. The maximum absolute atomic E-state index is 12.1. The average Bonchev–Trinajstić information content (AvgIpc) is 2.51. The molecule has 0 saturated heterocycles. The summed E-state index contributed by atoms with van der Waals surface area (Å²) in [5.41, 5.74) is 1.48. The number of nitrogens with one attached hydrogen (secondary N) is 2. The maximum Gasteiger partial charge on any atom is 0.337 e. The second kappa shape index (κ2) is 6.80. The van der Waals surface area contributed by atoms with Crippen LogP contribution in [0.2, 0.25) is 0 Å². The molecule has 1 atom stereocenters. The normalized spacial score (nSPS) is 17.4. The van der Waals surface area contributed by atoms with Crippen LogP contribution in [0.25, 0.3) is 0 Å². The number of carbonyl (C=O) groups is 2. The first kappa shape index (κ1) is 15.6. The van der Waals surface area contributed by atoms with Gasteiger partial charge in [-0.15, -0.1) is 0 Å². The Morgan fingerprint density at radius 2 is 2.14 bits per heavy atom. The van der Waals surface area contributed by atoms with Gasteiger partial charge >= 0.3 is 12.0 Å². The van der Waals surface area contributed by atoms with Gasteiger partial charge in [0.15, 0.2) is 0 Å². The van der Waals surface area contributed by atoms with E-state index in [0.717, 1.165) is 0 Å². The smallest absolute Gasteiger partial charge is 0.337 e. The third-order valence-electron chi connectivity index (χ3n) is 3.26. The van der Waals surface area contributed by atoms with E-state index in [4.69, 9.17) is 9.47 Å². The summed E-state index contributed by atoms with van der Waals surface area (Å²) in [5.74, 6) is 0.0670. The van der Waals surface area contributed by atoms with Crippen LogP contribution in [0.4, 0.5) is 4.79 Å². The Labute approximate surface area is 128 Å². The molecule has 1 aliphatic rings. The molecule has 0 spiro atoms. The van der Waals surface area contributed by atoms with Gasteiger partial charge in [-0.25, -0.2) is 9.59 Å². The van der Waals surface area contributed by atoms with Crippen molar-refractivity contribution in [2.75, 3.05) is 13.7 Å². The maximum atomic E-state index is 12.1. The summed E-state index contributed by atoms with van der Waals surface area (Å²) in [4.78, 5) is 23.8. The molecular weight excluding hydrogens is 284 g/mol. The standard InChI is InChI=1S/C16H18N2O4/c1-4-9-22-12-8-6-5-7-11(12)14-13(15(19)21-3)10(2)17-16(20)18-14/h4-8,14H,1,9H2,2-3H3,(H2,17,18,20)/t14-/m0/s1. The van der Waals surface area contributed by atoms with Crippen molar-refractivity contribution in [2.45, 2.75) is 13.0 Å². The third-order valence-corrected chi connectivity index (χ3v) is 3.26. The molecule has 0 bridgehead atoms. The van der Waals surface area contributed by atoms with Crippen molar-refractivity contribution < 1.29 is 19.1 Å². The molecule has 22 heavy (non-hydrogen) atoms. The Bertz CT molecular complexity index is 637. The van der Waals surface area contributed by atoms with Crippen LogP contribution in [0.15, 0.2) is 48.2 Å². The van der Waals surface area contributed by atoms with E-state index < -0.39 is 12.0 Å². The van der Waals surface area contributed by atoms with E-state index in [9.17, 15) is 9.59 Å². The Hall–Kier alpha value is -2.76. The van der Waals surface area contributed by atoms with Crippen LogP contribution in [-0.4, -0.2) is 25.7 Å². The van der Waals surface area contributed by atoms with Crippen molar-refractivity contribution in [1.82, 2.24) is 10.6 Å². The van der Waals surface area contributed by atoms with E-state index in [1.54, 1.807) is 25.1 Å². The predicted molar refractivity (Wildman–Crippen MR) is 81.3 cm³/mol. The number of carbonyl (C=O) groups excluding carboxylic acids is 2. The number of ether oxygens (including phenoxy) is 2. The predicted octanol–water partition coefficient (Wildman–Crippen LogP) is 2.05. The first-order valence-electron chi connectivity index (χ1n) is 6.77. The largest absolute Gasteiger partial charge is 0.489 e. The van der Waals surface area contributed by atoms with Gasteiger partial charge in [-0.1, -0.05) is 30.9 Å². The number of hydrogen-bond acceptors (Lipinski definition) is 4. The number of esters is 1. The van der Waals surface area contributed by atoms with Crippen LogP contribution in [0.3, 0.4) is 0 Å². The molecule has 1 aromatic rings. The Morgan fingerprint density at radius 1 is 1.41 bits per heavy atom. The minimum Gasteiger partial charge on any atom is -0.489 e. The van der Waals surface area contributed by atoms with Crippen molar-refractivity contribution in [3.05, 3.63) is 53.8 Å². The number of allylic oxidation sites excluding steroid dienone is 1. The van der Waals surface area contributed by atoms with Crippen LogP contribution in [0.1, 0.15) is 18.5 Å². The second-order valence-corrected chi connectivity index (χ2v) is 4.70. The minimum absolute atomic E-state index is 0.326. The molecule has 1 aliphatic heterocycles. The van der Waals surface area contributed by atoms with Crippen LogP contribution < -0.4 is 15.4 Å². The molecule has 0 radical (unpaired) electrons. The Balaban J connectivity index is 2.48. The summed E-state index contributed by atoms with van der Waals surface area (Å²) in [6, 6.07) is 6.19. The average molecular weight is 302 g/mol. The fourth-order valence-electron chi connectivity index (χ4n) is 2.31. The SMILES string of the molecule is C=CCOc1ccccc1[C@@H]1NC(=O)NC(C)=C1C(=O)OC. The van der Waals surface area contributed by atoms with E-state index in [-0.39, 0.29) is 6.03 Å². The summed E-state index contributed by atoms with van der Waals surface area (Å²) in [6.45, 7) is 5.59. The lowest BCUT2D eigenvalue weighted by Crippen LogP contribution is -2.45. The molecule has 0 aliphatic carbocycles. The molecule has 2 N–H and O–H groups in total. The summed E-state index contributed by atoms with van der Waals surface area (Å²) in [7, 11) is 1.30. The van der Waals surface area contributed by atoms with Crippen LogP contribution in [-0.2, 0) is 9.53 Å². The number of amides is 2. The topological polar surface area (TPSA) is 76.7 Å². The Kier molecular flexibility index (Phi) is 4.83. The highest BCUT2D eigenvalue weighted by Crippen LogP contribution is 2.33. The van der Waals surface area contributed by atoms with Gasteiger partial charge in [-0.05, 0) is 13.0 Å². The lowest BCUT2D eigenvalue weighted by Gasteiger charge is -2.28. The van der Waals surface area contributed by atoms with Crippen molar-refractivity contribution in [1.29, 1.82) is 0 Å². The van der Waals surface area contributed by atoms with Gasteiger partial charge in [0.1, 0.15) is 12.4 Å². The summed E-state index contributed by atoms with van der Waals surface area (Å²) >= 11 is 0. The fraction of sp³-hybridized carbons (Fsp3) is 0.250. The number of rotatable bonds is 5. The summed E-state index contributed by atoms with van der Waals surface area (Å²) in [5, 5.41) is 5.31. The van der Waals surface area contributed by atoms with E-state index in [1.165, 1.54) is 7.11 Å². The number of hydrogen-bond donors (Lipinski definition) is 2. The zero-order valence-corrected chi connectivity index (χ0v) is 12.5. The molecule has 116 valence electrons. The molecule has 1 heterocycles. The number of methoxy groups -OCH3 is 1.